The van der Waals surface area contributed by atoms with Gasteiger partial charge in [0, 0.05) is 17.1 Å². The zero-order valence-electron chi connectivity index (χ0n) is 21.7. The Morgan fingerprint density at radius 3 is 2.58 bits per heavy atom. The lowest BCUT2D eigenvalue weighted by Gasteiger charge is -2.26. The molecule has 208 valence electrons. The van der Waals surface area contributed by atoms with Gasteiger partial charge in [-0.05, 0) is 69.9 Å². The third-order valence-electron chi connectivity index (χ3n) is 6.35. The molecule has 8 nitrogen and oxygen atoms in total. The Bertz CT molecular complexity index is 1740. The fraction of sp³-hybridized carbons (Fsp3) is 0.286. The lowest BCUT2D eigenvalue weighted by molar-refractivity contribution is 0.0499. The first kappa shape index (κ1) is 27.4. The Labute approximate surface area is 230 Å². The highest BCUT2D eigenvalue weighted by Crippen LogP contribution is 2.41. The summed E-state index contributed by atoms with van der Waals surface area (Å²) in [6.07, 6.45) is 2.44. The van der Waals surface area contributed by atoms with Gasteiger partial charge in [0.25, 0.3) is 0 Å². The van der Waals surface area contributed by atoms with Crippen molar-refractivity contribution in [1.29, 1.82) is 0 Å². The summed E-state index contributed by atoms with van der Waals surface area (Å²) < 4.78 is 50.2. The van der Waals surface area contributed by atoms with E-state index < -0.39 is 46.1 Å². The molecule has 1 amide bonds. The molecular formula is C28H24F3N3O5S. The van der Waals surface area contributed by atoms with Gasteiger partial charge >= 0.3 is 12.1 Å². The molecule has 1 aliphatic carbocycles. The molecule has 40 heavy (non-hydrogen) atoms. The van der Waals surface area contributed by atoms with Gasteiger partial charge < -0.3 is 15.2 Å². The van der Waals surface area contributed by atoms with Crippen LogP contribution in [0.5, 0.6) is 0 Å². The predicted octanol–water partition coefficient (Wildman–Crippen LogP) is 6.13. The maximum Gasteiger partial charge on any atom is 0.408 e. The molecule has 5 rings (SSSR count). The van der Waals surface area contributed by atoms with Gasteiger partial charge in [0.1, 0.15) is 34.1 Å². The summed E-state index contributed by atoms with van der Waals surface area (Å²) in [5.41, 5.74) is -2.11. The molecule has 0 spiro atoms. The first-order chi connectivity index (χ1) is 18.8. The zero-order chi connectivity index (χ0) is 28.9. The number of aromatic nitrogens is 2. The van der Waals surface area contributed by atoms with Gasteiger partial charge in [-0.3, -0.25) is 9.36 Å². The van der Waals surface area contributed by atoms with E-state index in [2.05, 4.69) is 10.3 Å². The average molecular weight is 572 g/mol. The van der Waals surface area contributed by atoms with Crippen LogP contribution in [0, 0.1) is 17.5 Å². The summed E-state index contributed by atoms with van der Waals surface area (Å²) in [4.78, 5) is 42.6. The van der Waals surface area contributed by atoms with Crippen LogP contribution in [0.2, 0.25) is 0 Å². The molecule has 0 aliphatic heterocycles. The van der Waals surface area contributed by atoms with Crippen molar-refractivity contribution in [3.63, 3.8) is 0 Å². The van der Waals surface area contributed by atoms with Gasteiger partial charge in [-0.25, -0.2) is 27.7 Å². The number of thiophene rings is 1. The number of aromatic carboxylic acids is 1. The number of halogens is 3. The van der Waals surface area contributed by atoms with E-state index in [1.807, 2.05) is 0 Å². The van der Waals surface area contributed by atoms with E-state index in [0.717, 1.165) is 45.8 Å². The van der Waals surface area contributed by atoms with Crippen LogP contribution in [-0.4, -0.2) is 32.3 Å². The van der Waals surface area contributed by atoms with Crippen LogP contribution >= 0.6 is 11.3 Å². The van der Waals surface area contributed by atoms with E-state index in [1.165, 1.54) is 11.3 Å². The fourth-order valence-corrected chi connectivity index (χ4v) is 5.96. The van der Waals surface area contributed by atoms with Gasteiger partial charge in [0.05, 0.1) is 22.0 Å². The number of carboxylic acid groups (broad SMARTS) is 1. The Morgan fingerprint density at radius 1 is 1.15 bits per heavy atom. The third kappa shape index (κ3) is 5.18. The summed E-state index contributed by atoms with van der Waals surface area (Å²) in [5.74, 6) is -4.37. The van der Waals surface area contributed by atoms with Crippen LogP contribution in [0.25, 0.3) is 27.3 Å². The van der Waals surface area contributed by atoms with Crippen molar-refractivity contribution in [1.82, 2.24) is 14.9 Å². The predicted molar refractivity (Wildman–Crippen MR) is 143 cm³/mol. The van der Waals surface area contributed by atoms with Crippen LogP contribution in [-0.2, 0) is 11.2 Å². The van der Waals surface area contributed by atoms with Gasteiger partial charge in [-0.15, -0.1) is 11.3 Å². The summed E-state index contributed by atoms with van der Waals surface area (Å²) in [7, 11) is 0. The Morgan fingerprint density at radius 2 is 1.90 bits per heavy atom. The van der Waals surface area contributed by atoms with Gasteiger partial charge in [0.15, 0.2) is 5.82 Å². The van der Waals surface area contributed by atoms with Crippen molar-refractivity contribution in [2.24, 2.45) is 0 Å². The highest BCUT2D eigenvalue weighted by atomic mass is 32.1. The number of fused-ring (bicyclic) bond motifs is 2. The molecule has 0 saturated carbocycles. The van der Waals surface area contributed by atoms with Crippen LogP contribution in [0.3, 0.4) is 0 Å². The lowest BCUT2D eigenvalue weighted by atomic mass is 9.94. The second kappa shape index (κ2) is 10.1. The van der Waals surface area contributed by atoms with Crippen molar-refractivity contribution < 1.29 is 32.6 Å². The van der Waals surface area contributed by atoms with E-state index in [0.29, 0.717) is 23.8 Å². The number of amides is 1. The molecule has 3 heterocycles. The number of hydrogen-bond donors (Lipinski definition) is 2. The number of hydrogen-bond acceptors (Lipinski definition) is 6. The molecule has 0 bridgehead atoms. The molecule has 1 aromatic carbocycles. The van der Waals surface area contributed by atoms with Crippen molar-refractivity contribution in [2.45, 2.75) is 51.7 Å². The highest BCUT2D eigenvalue weighted by molar-refractivity contribution is 7.15. The van der Waals surface area contributed by atoms with Gasteiger partial charge in [-0.2, -0.15) is 0 Å². The van der Waals surface area contributed by atoms with E-state index >= 15 is 4.39 Å². The number of alkyl carbamates (subject to hydrolysis) is 1. The van der Waals surface area contributed by atoms with Crippen LogP contribution in [0.15, 0.2) is 41.3 Å². The number of pyridine rings is 2. The third-order valence-corrected chi connectivity index (χ3v) is 7.65. The normalized spacial score (nSPS) is 15.1. The minimum absolute atomic E-state index is 0.137. The SMILES string of the molecule is CC(C)(C)OC(=O)NC1CCCc2cc(-c3nc4c(cc3F)c(=O)c(C(=O)O)cn4-c3ccc(F)cc3F)sc21. The van der Waals surface area contributed by atoms with Crippen molar-refractivity contribution in [3.05, 3.63) is 80.2 Å². The van der Waals surface area contributed by atoms with Crippen molar-refractivity contribution >= 4 is 34.4 Å². The molecular weight excluding hydrogens is 547 g/mol. The molecule has 4 aromatic rings. The van der Waals surface area contributed by atoms with Crippen LogP contribution in [0.1, 0.15) is 60.5 Å². The summed E-state index contributed by atoms with van der Waals surface area (Å²) in [6.45, 7) is 5.27. The largest absolute Gasteiger partial charge is 0.477 e. The van der Waals surface area contributed by atoms with E-state index in [4.69, 9.17) is 4.74 Å². The number of carbonyl (C=O) groups excluding carboxylic acids is 1. The number of nitrogens with one attached hydrogen (secondary N) is 1. The molecule has 0 fully saturated rings. The number of nitrogens with zero attached hydrogens (tertiary/aromatic N) is 2. The second-order valence-electron chi connectivity index (χ2n) is 10.4. The molecule has 1 unspecified atom stereocenters. The number of benzene rings is 1. The molecule has 0 saturated heterocycles. The lowest BCUT2D eigenvalue weighted by Crippen LogP contribution is -2.35. The summed E-state index contributed by atoms with van der Waals surface area (Å²) in [6, 6.07) is 4.92. The Balaban J connectivity index is 1.65. The Hall–Kier alpha value is -4.19. The molecule has 12 heteroatoms. The minimum atomic E-state index is -1.60. The van der Waals surface area contributed by atoms with E-state index in [-0.39, 0.29) is 28.5 Å². The number of rotatable bonds is 4. The van der Waals surface area contributed by atoms with Gasteiger partial charge in [0.2, 0.25) is 5.43 Å². The second-order valence-corrected chi connectivity index (χ2v) is 11.5. The number of carboxylic acids is 1. The maximum atomic E-state index is 15.5. The number of ether oxygens (including phenoxy) is 1. The first-order valence-corrected chi connectivity index (χ1v) is 13.2. The Kier molecular flexibility index (Phi) is 6.90. The minimum Gasteiger partial charge on any atom is -0.477 e. The van der Waals surface area contributed by atoms with Crippen molar-refractivity contribution in [2.75, 3.05) is 0 Å². The standard InChI is InChI=1S/C28H24F3N3O5S/c1-28(2,3)39-27(38)32-19-6-4-5-13-9-21(40-24(13)19)22-18(31)11-15-23(35)16(26(36)37)12-34(25(15)33-22)20-8-7-14(29)10-17(20)30/h7-12,19H,4-6H2,1-3H3,(H,32,38)(H,36,37). The molecule has 0 radical (unpaired) electrons. The maximum absolute atomic E-state index is 15.5. The topological polar surface area (TPSA) is 111 Å². The highest BCUT2D eigenvalue weighted by Gasteiger charge is 2.29. The molecule has 1 atom stereocenters. The van der Waals surface area contributed by atoms with Crippen molar-refractivity contribution in [3.8, 4) is 16.3 Å². The zero-order valence-corrected chi connectivity index (χ0v) is 22.5. The average Bonchev–Trinajstić information content (AvgIpc) is 3.28. The van der Waals surface area contributed by atoms with Crippen LogP contribution < -0.4 is 10.7 Å². The van der Waals surface area contributed by atoms with E-state index in [1.54, 1.807) is 26.8 Å². The molecule has 2 N–H and O–H groups in total. The first-order valence-electron chi connectivity index (χ1n) is 12.4. The fourth-order valence-electron chi connectivity index (χ4n) is 4.67. The summed E-state index contributed by atoms with van der Waals surface area (Å²) in [5, 5.41) is 12.0. The smallest absolute Gasteiger partial charge is 0.408 e. The molecule has 1 aliphatic rings. The number of carbonyl (C=O) groups is 2. The number of aryl methyl sites for hydroxylation is 1. The van der Waals surface area contributed by atoms with Crippen LogP contribution in [0.4, 0.5) is 18.0 Å². The monoisotopic (exact) mass is 571 g/mol. The quantitative estimate of drug-likeness (QED) is 0.305. The van der Waals surface area contributed by atoms with Gasteiger partial charge in [-0.1, -0.05) is 0 Å². The summed E-state index contributed by atoms with van der Waals surface area (Å²) >= 11 is 1.22. The molecule has 3 aromatic heterocycles. The van der Waals surface area contributed by atoms with E-state index in [9.17, 15) is 28.3 Å².